The number of aromatic nitrogens is 2. The second-order valence-electron chi connectivity index (χ2n) is 1.64. The highest BCUT2D eigenvalue weighted by molar-refractivity contribution is 5.03. The minimum absolute atomic E-state index is 0.909. The van der Waals surface area contributed by atoms with Crippen molar-refractivity contribution in [1.82, 2.24) is 9.78 Å². The van der Waals surface area contributed by atoms with E-state index in [1.807, 2.05) is 17.7 Å². The highest BCUT2D eigenvalue weighted by Gasteiger charge is 1.88. The first kappa shape index (κ1) is 5.35. The van der Waals surface area contributed by atoms with Crippen molar-refractivity contribution < 1.29 is 0 Å². The van der Waals surface area contributed by atoms with Gasteiger partial charge in [0.25, 0.3) is 0 Å². The molecule has 1 aromatic heterocycles. The van der Waals surface area contributed by atoms with Gasteiger partial charge in [-0.05, 0) is 19.9 Å². The summed E-state index contributed by atoms with van der Waals surface area (Å²) in [6.07, 6.45) is 1.76. The maximum atomic E-state index is 3.99. The smallest absolute Gasteiger partial charge is 0.0492 e. The van der Waals surface area contributed by atoms with Crippen molar-refractivity contribution in [1.29, 1.82) is 0 Å². The van der Waals surface area contributed by atoms with Crippen molar-refractivity contribution >= 4 is 0 Å². The molecule has 1 radical (unpaired) electrons. The molecule has 0 bridgehead atoms. The Bertz CT molecular complexity index is 167. The van der Waals surface area contributed by atoms with E-state index in [4.69, 9.17) is 0 Å². The fourth-order valence-corrected chi connectivity index (χ4v) is 0.645. The van der Waals surface area contributed by atoms with Crippen LogP contribution in [-0.2, 0) is 6.54 Å². The third-order valence-corrected chi connectivity index (χ3v) is 1.10. The summed E-state index contributed by atoms with van der Waals surface area (Å²) in [5, 5.41) is 3.99. The average Bonchev–Trinajstić information content (AvgIpc) is 2.14. The third-order valence-electron chi connectivity index (χ3n) is 1.10. The fourth-order valence-electron chi connectivity index (χ4n) is 0.645. The van der Waals surface area contributed by atoms with Crippen molar-refractivity contribution in [2.24, 2.45) is 0 Å². The molecule has 43 valence electrons. The van der Waals surface area contributed by atoms with E-state index in [2.05, 4.69) is 12.0 Å². The molecule has 1 aromatic rings. The Morgan fingerprint density at radius 3 is 2.88 bits per heavy atom. The largest absolute Gasteiger partial charge is 0.270 e. The highest BCUT2D eigenvalue weighted by Crippen LogP contribution is 1.92. The van der Waals surface area contributed by atoms with E-state index in [9.17, 15) is 0 Å². The van der Waals surface area contributed by atoms with Crippen molar-refractivity contribution in [3.8, 4) is 0 Å². The van der Waals surface area contributed by atoms with Gasteiger partial charge in [0, 0.05) is 18.4 Å². The summed E-state index contributed by atoms with van der Waals surface area (Å²) in [5.41, 5.74) is 0.979. The lowest BCUT2D eigenvalue weighted by Gasteiger charge is -1.94. The second kappa shape index (κ2) is 1.99. The van der Waals surface area contributed by atoms with Crippen molar-refractivity contribution in [3.63, 3.8) is 0 Å². The highest BCUT2D eigenvalue weighted by atomic mass is 15.3. The van der Waals surface area contributed by atoms with Gasteiger partial charge >= 0.3 is 0 Å². The van der Waals surface area contributed by atoms with Crippen molar-refractivity contribution in [3.05, 3.63) is 24.9 Å². The van der Waals surface area contributed by atoms with Crippen LogP contribution in [0, 0.1) is 6.92 Å². The number of hydrogen-bond donors (Lipinski definition) is 0. The quantitative estimate of drug-likeness (QED) is 0.527. The van der Waals surface area contributed by atoms with Gasteiger partial charge in [-0.2, -0.15) is 5.10 Å². The molecular formula is C6H9N2. The van der Waals surface area contributed by atoms with E-state index in [0.29, 0.717) is 0 Å². The maximum absolute atomic E-state index is 3.99. The van der Waals surface area contributed by atoms with Crippen LogP contribution >= 0.6 is 0 Å². The Hall–Kier alpha value is -0.790. The summed E-state index contributed by atoms with van der Waals surface area (Å²) in [4.78, 5) is 0. The topological polar surface area (TPSA) is 17.8 Å². The monoisotopic (exact) mass is 109 g/mol. The molecule has 0 amide bonds. The zero-order chi connectivity index (χ0) is 5.98. The lowest BCUT2D eigenvalue weighted by molar-refractivity contribution is 0.649. The van der Waals surface area contributed by atoms with Crippen molar-refractivity contribution in [2.75, 3.05) is 0 Å². The minimum Gasteiger partial charge on any atom is -0.270 e. The first-order valence-corrected chi connectivity index (χ1v) is 2.68. The molecule has 0 fully saturated rings. The molecule has 8 heavy (non-hydrogen) atoms. The van der Waals surface area contributed by atoms with E-state index < -0.39 is 0 Å². The maximum Gasteiger partial charge on any atom is 0.0492 e. The Kier molecular flexibility index (Phi) is 1.33. The normalized spacial score (nSPS) is 9.75. The molecule has 0 aliphatic carbocycles. The summed E-state index contributed by atoms with van der Waals surface area (Å²) in [7, 11) is 0. The lowest BCUT2D eigenvalue weighted by Crippen LogP contribution is -1.97. The van der Waals surface area contributed by atoms with Gasteiger partial charge in [-0.25, -0.2) is 0 Å². The van der Waals surface area contributed by atoms with Crippen LogP contribution in [0.15, 0.2) is 12.3 Å². The van der Waals surface area contributed by atoms with Crippen LogP contribution in [0.1, 0.15) is 12.6 Å². The molecule has 0 N–H and O–H groups in total. The van der Waals surface area contributed by atoms with Gasteiger partial charge in [-0.3, -0.25) is 4.68 Å². The molecule has 0 spiro atoms. The van der Waals surface area contributed by atoms with E-state index in [1.54, 1.807) is 6.20 Å². The average molecular weight is 109 g/mol. The summed E-state index contributed by atoms with van der Waals surface area (Å²) >= 11 is 0. The summed E-state index contributed by atoms with van der Waals surface area (Å²) in [5.74, 6) is 0. The van der Waals surface area contributed by atoms with Crippen molar-refractivity contribution in [2.45, 2.75) is 13.5 Å². The van der Waals surface area contributed by atoms with E-state index >= 15 is 0 Å². The number of rotatable bonds is 1. The molecule has 0 aromatic carbocycles. The molecule has 1 heterocycles. The van der Waals surface area contributed by atoms with Gasteiger partial charge in [-0.15, -0.1) is 0 Å². The second-order valence-corrected chi connectivity index (χ2v) is 1.64. The summed E-state index contributed by atoms with van der Waals surface area (Å²) in [6.45, 7) is 6.70. The van der Waals surface area contributed by atoms with Crippen LogP contribution in [0.3, 0.4) is 0 Å². The predicted molar refractivity (Wildman–Crippen MR) is 32.4 cm³/mol. The SMILES string of the molecule is [CH2]c1ccnn1CC. The Morgan fingerprint density at radius 2 is 2.62 bits per heavy atom. The zero-order valence-electron chi connectivity index (χ0n) is 4.96. The minimum atomic E-state index is 0.909. The van der Waals surface area contributed by atoms with Crippen LogP contribution in [0.25, 0.3) is 0 Å². The van der Waals surface area contributed by atoms with Crippen LogP contribution in [0.2, 0.25) is 0 Å². The molecular weight excluding hydrogens is 100 g/mol. The first-order valence-electron chi connectivity index (χ1n) is 2.68. The number of hydrogen-bond acceptors (Lipinski definition) is 1. The molecule has 0 unspecified atom stereocenters. The van der Waals surface area contributed by atoms with E-state index in [0.717, 1.165) is 12.2 Å². The van der Waals surface area contributed by atoms with Gasteiger partial charge in [-0.1, -0.05) is 0 Å². The van der Waals surface area contributed by atoms with Crippen LogP contribution in [0.5, 0.6) is 0 Å². The molecule has 0 aliphatic rings. The predicted octanol–water partition coefficient (Wildman–Crippen LogP) is 1.09. The van der Waals surface area contributed by atoms with Gasteiger partial charge in [0.1, 0.15) is 0 Å². The number of aryl methyl sites for hydroxylation is 1. The molecule has 2 nitrogen and oxygen atoms in total. The first-order chi connectivity index (χ1) is 3.84. The molecule has 0 saturated carbocycles. The zero-order valence-corrected chi connectivity index (χ0v) is 4.96. The van der Waals surface area contributed by atoms with E-state index in [1.165, 1.54) is 0 Å². The van der Waals surface area contributed by atoms with Gasteiger partial charge < -0.3 is 0 Å². The Morgan fingerprint density at radius 1 is 1.88 bits per heavy atom. The Labute approximate surface area is 49.1 Å². The Balaban J connectivity index is 2.92. The third kappa shape index (κ3) is 0.735. The van der Waals surface area contributed by atoms with Gasteiger partial charge in [0.15, 0.2) is 0 Å². The summed E-state index contributed by atoms with van der Waals surface area (Å²) in [6, 6.07) is 1.89. The molecule has 0 saturated heterocycles. The molecule has 0 atom stereocenters. The van der Waals surface area contributed by atoms with Crippen LogP contribution < -0.4 is 0 Å². The molecule has 2 heteroatoms. The van der Waals surface area contributed by atoms with Gasteiger partial charge in [0.05, 0.1) is 0 Å². The van der Waals surface area contributed by atoms with Crippen LogP contribution in [0.4, 0.5) is 0 Å². The van der Waals surface area contributed by atoms with E-state index in [-0.39, 0.29) is 0 Å². The van der Waals surface area contributed by atoms with Crippen LogP contribution in [-0.4, -0.2) is 9.78 Å². The molecule has 1 rings (SSSR count). The fraction of sp³-hybridized carbons (Fsp3) is 0.333. The molecule has 0 aliphatic heterocycles. The van der Waals surface area contributed by atoms with Gasteiger partial charge in [0.2, 0.25) is 0 Å². The number of nitrogens with zero attached hydrogens (tertiary/aromatic N) is 2. The summed E-state index contributed by atoms with van der Waals surface area (Å²) < 4.78 is 1.85. The lowest BCUT2D eigenvalue weighted by atomic mass is 10.5. The standard InChI is InChI=1S/C6H9N2/c1-3-8-6(2)4-5-7-8/h4-5H,2-3H2,1H3.